The fourth-order valence-electron chi connectivity index (χ4n) is 3.80. The summed E-state index contributed by atoms with van der Waals surface area (Å²) in [6.45, 7) is 6.45. The number of nitrogens with one attached hydrogen (secondary N) is 1. The molecule has 1 N–H and O–H groups in total. The van der Waals surface area contributed by atoms with Gasteiger partial charge >= 0.3 is 0 Å². The summed E-state index contributed by atoms with van der Waals surface area (Å²) in [5, 5.41) is 3.60. The lowest BCUT2D eigenvalue weighted by molar-refractivity contribution is -0.132. The van der Waals surface area contributed by atoms with Crippen LogP contribution in [0.25, 0.3) is 11.5 Å². The summed E-state index contributed by atoms with van der Waals surface area (Å²) in [4.78, 5) is 28.1. The number of furan rings is 1. The van der Waals surface area contributed by atoms with Gasteiger partial charge in [-0.05, 0) is 48.9 Å². The van der Waals surface area contributed by atoms with Crippen LogP contribution in [-0.2, 0) is 17.9 Å². The van der Waals surface area contributed by atoms with Gasteiger partial charge in [0.2, 0.25) is 5.91 Å². The van der Waals surface area contributed by atoms with E-state index in [-0.39, 0.29) is 18.4 Å². The van der Waals surface area contributed by atoms with Gasteiger partial charge in [-0.15, -0.1) is 6.58 Å². The maximum Gasteiger partial charge on any atom is 0.271 e. The molecule has 1 aliphatic rings. The monoisotopic (exact) mass is 423 g/mol. The van der Waals surface area contributed by atoms with Crippen molar-refractivity contribution in [2.45, 2.75) is 25.6 Å². The summed E-state index contributed by atoms with van der Waals surface area (Å²) in [7, 11) is 0. The molecule has 0 fully saturated rings. The van der Waals surface area contributed by atoms with Crippen LogP contribution in [0, 0.1) is 0 Å². The lowest BCUT2D eigenvalue weighted by Gasteiger charge is -2.43. The van der Waals surface area contributed by atoms with E-state index >= 15 is 0 Å². The van der Waals surface area contributed by atoms with Gasteiger partial charge in [0.1, 0.15) is 17.0 Å². The molecule has 0 saturated carbocycles. The minimum Gasteiger partial charge on any atom is -0.463 e. The number of amides is 2. The fraction of sp³-hybridized carbons (Fsp3) is 0.217. The zero-order chi connectivity index (χ0) is 21.3. The predicted octanol–water partition coefficient (Wildman–Crippen LogP) is 4.12. The number of hydrogen-bond donors (Lipinski definition) is 1. The van der Waals surface area contributed by atoms with Crippen LogP contribution >= 0.6 is 11.6 Å². The molecule has 1 aliphatic heterocycles. The maximum absolute atomic E-state index is 13.3. The first-order valence-electron chi connectivity index (χ1n) is 9.63. The van der Waals surface area contributed by atoms with E-state index in [1.165, 1.54) is 0 Å². The molecule has 0 saturated heterocycles. The molecule has 7 heteroatoms. The maximum atomic E-state index is 13.3. The van der Waals surface area contributed by atoms with Gasteiger partial charge in [0, 0.05) is 18.1 Å². The minimum atomic E-state index is -1.09. The Balaban J connectivity index is 1.65. The number of rotatable bonds is 6. The lowest BCUT2D eigenvalue weighted by atomic mass is 9.94. The van der Waals surface area contributed by atoms with E-state index in [4.69, 9.17) is 16.0 Å². The minimum absolute atomic E-state index is 0.219. The van der Waals surface area contributed by atoms with Crippen molar-refractivity contribution in [2.75, 3.05) is 6.54 Å². The topological polar surface area (TPSA) is 67.5 Å². The molecule has 0 radical (unpaired) electrons. The fourth-order valence-corrected chi connectivity index (χ4v) is 3.93. The van der Waals surface area contributed by atoms with Crippen LogP contribution in [-0.4, -0.2) is 33.4 Å². The molecule has 1 atom stereocenters. The Morgan fingerprint density at radius 3 is 2.63 bits per heavy atom. The predicted molar refractivity (Wildman–Crippen MR) is 115 cm³/mol. The van der Waals surface area contributed by atoms with Gasteiger partial charge in [0.15, 0.2) is 0 Å². The highest BCUT2D eigenvalue weighted by atomic mass is 35.5. The van der Waals surface area contributed by atoms with Crippen LogP contribution in [0.2, 0.25) is 5.02 Å². The molecule has 2 amide bonds. The number of aromatic nitrogens is 1. The Morgan fingerprint density at radius 1 is 1.23 bits per heavy atom. The zero-order valence-electron chi connectivity index (χ0n) is 16.6. The quantitative estimate of drug-likeness (QED) is 0.606. The van der Waals surface area contributed by atoms with Gasteiger partial charge in [-0.25, -0.2) is 0 Å². The first-order chi connectivity index (χ1) is 14.4. The Morgan fingerprint density at radius 2 is 1.97 bits per heavy atom. The van der Waals surface area contributed by atoms with E-state index in [0.29, 0.717) is 29.6 Å². The third kappa shape index (κ3) is 3.44. The van der Waals surface area contributed by atoms with Crippen LogP contribution in [0.3, 0.4) is 0 Å². The molecule has 154 valence electrons. The number of halogens is 1. The third-order valence-electron chi connectivity index (χ3n) is 5.45. The van der Waals surface area contributed by atoms with Gasteiger partial charge in [0.25, 0.3) is 5.91 Å². The SMILES string of the molecule is C=CCN1C(=O)c2ccc(-c3ccco3)n2CC1(C)C(=O)NCc1ccc(Cl)cc1. The van der Waals surface area contributed by atoms with Gasteiger partial charge in [-0.2, -0.15) is 0 Å². The van der Waals surface area contributed by atoms with Gasteiger partial charge in [-0.1, -0.05) is 29.8 Å². The number of benzene rings is 1. The second kappa shape index (κ2) is 7.88. The molecule has 1 unspecified atom stereocenters. The van der Waals surface area contributed by atoms with Crippen LogP contribution in [0.15, 0.2) is 71.9 Å². The molecule has 3 heterocycles. The summed E-state index contributed by atoms with van der Waals surface area (Å²) in [6, 6.07) is 14.5. The van der Waals surface area contributed by atoms with Crippen LogP contribution in [0.4, 0.5) is 0 Å². The van der Waals surface area contributed by atoms with Crippen LogP contribution < -0.4 is 5.32 Å². The number of nitrogens with zero attached hydrogens (tertiary/aromatic N) is 2. The smallest absolute Gasteiger partial charge is 0.271 e. The number of carbonyl (C=O) groups is 2. The number of fused-ring (bicyclic) bond motifs is 1. The van der Waals surface area contributed by atoms with Gasteiger partial charge in [0.05, 0.1) is 18.5 Å². The van der Waals surface area contributed by atoms with Crippen molar-refractivity contribution in [2.24, 2.45) is 0 Å². The van der Waals surface area contributed by atoms with E-state index in [2.05, 4.69) is 11.9 Å². The van der Waals surface area contributed by atoms with Crippen molar-refractivity contribution >= 4 is 23.4 Å². The highest BCUT2D eigenvalue weighted by molar-refractivity contribution is 6.30. The van der Waals surface area contributed by atoms with Crippen molar-refractivity contribution in [1.29, 1.82) is 0 Å². The van der Waals surface area contributed by atoms with Crippen LogP contribution in [0.1, 0.15) is 23.0 Å². The van der Waals surface area contributed by atoms with E-state index in [0.717, 1.165) is 11.3 Å². The van der Waals surface area contributed by atoms with Gasteiger partial charge in [-0.3, -0.25) is 9.59 Å². The Hall–Kier alpha value is -3.25. The molecular formula is C23H22ClN3O3. The molecule has 0 bridgehead atoms. The molecule has 4 rings (SSSR count). The second-order valence-electron chi connectivity index (χ2n) is 7.45. The van der Waals surface area contributed by atoms with Crippen molar-refractivity contribution < 1.29 is 14.0 Å². The van der Waals surface area contributed by atoms with Crippen molar-refractivity contribution in [1.82, 2.24) is 14.8 Å². The normalized spacial score (nSPS) is 18.2. The van der Waals surface area contributed by atoms with Crippen molar-refractivity contribution in [3.8, 4) is 11.5 Å². The average Bonchev–Trinajstić information content (AvgIpc) is 3.40. The molecule has 30 heavy (non-hydrogen) atoms. The summed E-state index contributed by atoms with van der Waals surface area (Å²) >= 11 is 5.93. The Bertz CT molecular complexity index is 1090. The summed E-state index contributed by atoms with van der Waals surface area (Å²) in [6.07, 6.45) is 3.22. The van der Waals surface area contributed by atoms with E-state index in [1.807, 2.05) is 28.8 Å². The van der Waals surface area contributed by atoms with E-state index in [9.17, 15) is 9.59 Å². The molecular weight excluding hydrogens is 402 g/mol. The van der Waals surface area contributed by atoms with E-state index in [1.54, 1.807) is 48.4 Å². The standard InChI is InChI=1S/C23H22ClN3O3/c1-3-12-27-21(28)19-11-10-18(20-5-4-13-30-20)26(19)15-23(27,2)22(29)25-14-16-6-8-17(24)9-7-16/h3-11,13H,1,12,14-15H2,2H3,(H,25,29). The summed E-state index contributed by atoms with van der Waals surface area (Å²) < 4.78 is 7.37. The zero-order valence-corrected chi connectivity index (χ0v) is 17.4. The Kier molecular flexibility index (Phi) is 5.26. The summed E-state index contributed by atoms with van der Waals surface area (Å²) in [5.41, 5.74) is 1.11. The average molecular weight is 424 g/mol. The van der Waals surface area contributed by atoms with E-state index < -0.39 is 5.54 Å². The van der Waals surface area contributed by atoms with Crippen molar-refractivity contribution in [3.63, 3.8) is 0 Å². The van der Waals surface area contributed by atoms with Crippen molar-refractivity contribution in [3.05, 3.63) is 83.7 Å². The molecule has 0 spiro atoms. The molecule has 2 aromatic heterocycles. The number of hydrogen-bond acceptors (Lipinski definition) is 3. The van der Waals surface area contributed by atoms with Gasteiger partial charge < -0.3 is 19.2 Å². The number of carbonyl (C=O) groups excluding carboxylic acids is 2. The Labute approximate surface area is 179 Å². The second-order valence-corrected chi connectivity index (χ2v) is 7.89. The molecule has 6 nitrogen and oxygen atoms in total. The first kappa shape index (κ1) is 20.0. The largest absolute Gasteiger partial charge is 0.463 e. The highest BCUT2D eigenvalue weighted by Gasteiger charge is 2.47. The molecule has 3 aromatic rings. The molecule has 0 aliphatic carbocycles. The highest BCUT2D eigenvalue weighted by Crippen LogP contribution is 2.33. The lowest BCUT2D eigenvalue weighted by Crippen LogP contribution is -2.63. The summed E-state index contributed by atoms with van der Waals surface area (Å²) in [5.74, 6) is 0.190. The molecule has 1 aromatic carbocycles. The third-order valence-corrected chi connectivity index (χ3v) is 5.70. The van der Waals surface area contributed by atoms with Crippen LogP contribution in [0.5, 0.6) is 0 Å². The first-order valence-corrected chi connectivity index (χ1v) is 10.0.